The van der Waals surface area contributed by atoms with Gasteiger partial charge < -0.3 is 4.90 Å². The summed E-state index contributed by atoms with van der Waals surface area (Å²) in [5, 5.41) is 0. The van der Waals surface area contributed by atoms with Gasteiger partial charge in [0.05, 0.1) is 5.75 Å². The summed E-state index contributed by atoms with van der Waals surface area (Å²) in [7, 11) is -0.896. The van der Waals surface area contributed by atoms with E-state index in [0.717, 1.165) is 38.8 Å². The zero-order valence-corrected chi connectivity index (χ0v) is 11.0. The van der Waals surface area contributed by atoms with Crippen LogP contribution in [0.2, 0.25) is 0 Å². The van der Waals surface area contributed by atoms with Gasteiger partial charge >= 0.3 is 0 Å². The van der Waals surface area contributed by atoms with E-state index in [4.69, 9.17) is 0 Å². The minimum Gasteiger partial charge on any atom is -0.306 e. The van der Waals surface area contributed by atoms with Crippen LogP contribution in [0.15, 0.2) is 0 Å². The van der Waals surface area contributed by atoms with Crippen LogP contribution in [0.5, 0.6) is 0 Å². The van der Waals surface area contributed by atoms with Crippen LogP contribution < -0.4 is 0 Å². The Bertz CT molecular complexity index is 330. The molecule has 0 radical (unpaired) electrons. The lowest BCUT2D eigenvalue weighted by Gasteiger charge is -2.36. The van der Waals surface area contributed by atoms with E-state index in [1.807, 2.05) is 4.31 Å². The van der Waals surface area contributed by atoms with Gasteiger partial charge in [-0.2, -0.15) is 4.31 Å². The van der Waals surface area contributed by atoms with Crippen molar-refractivity contribution in [1.29, 1.82) is 0 Å². The van der Waals surface area contributed by atoms with Crippen molar-refractivity contribution in [2.75, 3.05) is 25.9 Å². The van der Waals surface area contributed by atoms with Crippen molar-refractivity contribution in [1.82, 2.24) is 9.21 Å². The average molecular weight is 246 g/mol. The maximum Gasteiger partial charge on any atom is 0.214 e. The molecular weight excluding hydrogens is 224 g/mol. The third kappa shape index (κ3) is 2.57. The Hall–Kier alpha value is -0.130. The second kappa shape index (κ2) is 4.63. The lowest BCUT2D eigenvalue weighted by molar-refractivity contribution is 0.179. The maximum atomic E-state index is 12.1. The second-order valence-electron chi connectivity index (χ2n) is 5.00. The molecule has 0 aromatic rings. The summed E-state index contributed by atoms with van der Waals surface area (Å²) in [5.41, 5.74) is 0. The fraction of sp³-hybridized carbons (Fsp3) is 1.00. The molecule has 1 aliphatic heterocycles. The van der Waals surface area contributed by atoms with E-state index in [1.165, 1.54) is 0 Å². The van der Waals surface area contributed by atoms with E-state index in [2.05, 4.69) is 11.9 Å². The third-order valence-electron chi connectivity index (χ3n) is 3.64. The molecular formula is C11H22N2O2S. The van der Waals surface area contributed by atoms with Crippen LogP contribution in [0.4, 0.5) is 0 Å². The normalized spacial score (nSPS) is 25.2. The SMILES string of the molecule is CCS(=O)(=O)N(C1CC1)C1CCN(C)CC1. The summed E-state index contributed by atoms with van der Waals surface area (Å²) in [6, 6.07) is 0.576. The predicted molar refractivity (Wildman–Crippen MR) is 64.8 cm³/mol. The monoisotopic (exact) mass is 246 g/mol. The van der Waals surface area contributed by atoms with Gasteiger partial charge in [-0.15, -0.1) is 0 Å². The predicted octanol–water partition coefficient (Wildman–Crippen LogP) is 0.895. The molecule has 16 heavy (non-hydrogen) atoms. The Morgan fingerprint density at radius 2 is 1.62 bits per heavy atom. The number of hydrogen-bond acceptors (Lipinski definition) is 3. The second-order valence-corrected chi connectivity index (χ2v) is 7.16. The van der Waals surface area contributed by atoms with Crippen molar-refractivity contribution in [2.45, 2.75) is 44.7 Å². The minimum absolute atomic E-state index is 0.246. The van der Waals surface area contributed by atoms with Gasteiger partial charge in [-0.25, -0.2) is 8.42 Å². The number of piperidine rings is 1. The van der Waals surface area contributed by atoms with Crippen molar-refractivity contribution < 1.29 is 8.42 Å². The Morgan fingerprint density at radius 3 is 2.06 bits per heavy atom. The molecule has 1 heterocycles. The van der Waals surface area contributed by atoms with Gasteiger partial charge in [0.2, 0.25) is 10.0 Å². The molecule has 94 valence electrons. The Morgan fingerprint density at radius 1 is 1.12 bits per heavy atom. The molecule has 2 rings (SSSR count). The third-order valence-corrected chi connectivity index (χ3v) is 5.61. The quantitative estimate of drug-likeness (QED) is 0.740. The molecule has 1 saturated heterocycles. The summed E-state index contributed by atoms with van der Waals surface area (Å²) in [6.45, 7) is 3.79. The number of rotatable bonds is 4. The summed E-state index contributed by atoms with van der Waals surface area (Å²) in [6.07, 6.45) is 4.11. The first-order chi connectivity index (χ1) is 7.54. The van der Waals surface area contributed by atoms with E-state index in [9.17, 15) is 8.42 Å². The number of sulfonamides is 1. The molecule has 1 aliphatic carbocycles. The Kier molecular flexibility index (Phi) is 3.56. The lowest BCUT2D eigenvalue weighted by atomic mass is 10.1. The molecule has 0 unspecified atom stereocenters. The summed E-state index contributed by atoms with van der Waals surface area (Å²) >= 11 is 0. The zero-order chi connectivity index (χ0) is 11.8. The van der Waals surface area contributed by atoms with E-state index in [1.54, 1.807) is 6.92 Å². The van der Waals surface area contributed by atoms with Crippen LogP contribution in [0.25, 0.3) is 0 Å². The fourth-order valence-electron chi connectivity index (χ4n) is 2.48. The smallest absolute Gasteiger partial charge is 0.214 e. The van der Waals surface area contributed by atoms with Crippen LogP contribution in [0, 0.1) is 0 Å². The topological polar surface area (TPSA) is 40.6 Å². The van der Waals surface area contributed by atoms with Crippen LogP contribution >= 0.6 is 0 Å². The highest BCUT2D eigenvalue weighted by Gasteiger charge is 2.41. The Balaban J connectivity index is 2.08. The van der Waals surface area contributed by atoms with E-state index < -0.39 is 10.0 Å². The van der Waals surface area contributed by atoms with E-state index in [-0.39, 0.29) is 11.8 Å². The Labute approximate surface area is 98.7 Å². The highest BCUT2D eigenvalue weighted by atomic mass is 32.2. The van der Waals surface area contributed by atoms with Gasteiger partial charge in [0.1, 0.15) is 0 Å². The molecule has 0 spiro atoms. The summed E-state index contributed by atoms with van der Waals surface area (Å²) < 4.78 is 26.0. The van der Waals surface area contributed by atoms with Crippen LogP contribution in [-0.4, -0.2) is 55.6 Å². The lowest BCUT2D eigenvalue weighted by Crippen LogP contribution is -2.48. The van der Waals surface area contributed by atoms with Gasteiger partial charge in [-0.05, 0) is 52.7 Å². The van der Waals surface area contributed by atoms with Crippen molar-refractivity contribution in [3.05, 3.63) is 0 Å². The molecule has 5 heteroatoms. The highest BCUT2D eigenvalue weighted by Crippen LogP contribution is 2.34. The summed E-state index contributed by atoms with van der Waals surface area (Å²) in [4.78, 5) is 2.28. The molecule has 0 bridgehead atoms. The standard InChI is InChI=1S/C11H22N2O2S/c1-3-16(14,15)13(10-4-5-10)11-6-8-12(2)9-7-11/h10-11H,3-9H2,1-2H3. The highest BCUT2D eigenvalue weighted by molar-refractivity contribution is 7.89. The van der Waals surface area contributed by atoms with Crippen molar-refractivity contribution in [3.8, 4) is 0 Å². The molecule has 4 nitrogen and oxygen atoms in total. The van der Waals surface area contributed by atoms with E-state index >= 15 is 0 Å². The van der Waals surface area contributed by atoms with Crippen molar-refractivity contribution in [3.63, 3.8) is 0 Å². The first-order valence-corrected chi connectivity index (χ1v) is 7.85. The van der Waals surface area contributed by atoms with Gasteiger partial charge in [0.25, 0.3) is 0 Å². The zero-order valence-electron chi connectivity index (χ0n) is 10.2. The largest absolute Gasteiger partial charge is 0.306 e. The van der Waals surface area contributed by atoms with Gasteiger partial charge in [0.15, 0.2) is 0 Å². The van der Waals surface area contributed by atoms with Crippen LogP contribution in [-0.2, 0) is 10.0 Å². The number of nitrogens with zero attached hydrogens (tertiary/aromatic N) is 2. The first kappa shape index (κ1) is 12.3. The molecule has 2 aliphatic rings. The van der Waals surface area contributed by atoms with Crippen LogP contribution in [0.3, 0.4) is 0 Å². The van der Waals surface area contributed by atoms with Gasteiger partial charge in [-0.1, -0.05) is 0 Å². The average Bonchev–Trinajstić information content (AvgIpc) is 3.05. The van der Waals surface area contributed by atoms with Crippen molar-refractivity contribution in [2.24, 2.45) is 0 Å². The van der Waals surface area contributed by atoms with Gasteiger partial charge in [-0.3, -0.25) is 0 Å². The summed E-state index contributed by atoms with van der Waals surface area (Å²) in [5.74, 6) is 0.246. The van der Waals surface area contributed by atoms with Crippen molar-refractivity contribution >= 4 is 10.0 Å². The first-order valence-electron chi connectivity index (χ1n) is 6.24. The number of likely N-dealkylation sites (tertiary alicyclic amines) is 1. The molecule has 0 atom stereocenters. The van der Waals surface area contributed by atoms with E-state index in [0.29, 0.717) is 6.04 Å². The molecule has 0 aromatic carbocycles. The van der Waals surface area contributed by atoms with Gasteiger partial charge in [0, 0.05) is 12.1 Å². The molecule has 0 amide bonds. The van der Waals surface area contributed by atoms with Crippen LogP contribution in [0.1, 0.15) is 32.6 Å². The fourth-order valence-corrected chi connectivity index (χ4v) is 4.11. The molecule has 1 saturated carbocycles. The molecule has 2 fully saturated rings. The number of hydrogen-bond donors (Lipinski definition) is 0. The molecule has 0 aromatic heterocycles. The minimum atomic E-state index is -3.00. The maximum absolute atomic E-state index is 12.1. The molecule has 0 N–H and O–H groups in total.